The third kappa shape index (κ3) is 2.98. The highest BCUT2D eigenvalue weighted by molar-refractivity contribution is 5.92. The molecule has 4 rings (SSSR count). The molecule has 1 heteroatoms. The van der Waals surface area contributed by atoms with Crippen LogP contribution in [0.1, 0.15) is 77.9 Å². The zero-order valence-electron chi connectivity index (χ0n) is 22.6. The summed E-state index contributed by atoms with van der Waals surface area (Å²) in [5, 5.41) is 2.32. The lowest BCUT2D eigenvalue weighted by atomic mass is 9.78. The summed E-state index contributed by atoms with van der Waals surface area (Å²) in [5.41, 5.74) is 19.7. The maximum Gasteiger partial charge on any atom is 0.139 e. The van der Waals surface area contributed by atoms with Crippen molar-refractivity contribution in [3.63, 3.8) is 0 Å². The smallest absolute Gasteiger partial charge is 0.139 e. The van der Waals surface area contributed by atoms with Gasteiger partial charge in [0.2, 0.25) is 0 Å². The number of hydrogen-bond acceptors (Lipinski definition) is 1. The molecule has 0 spiro atoms. The van der Waals surface area contributed by atoms with Gasteiger partial charge in [-0.1, -0.05) is 6.58 Å². The van der Waals surface area contributed by atoms with Gasteiger partial charge in [-0.25, -0.2) is 0 Å². The summed E-state index contributed by atoms with van der Waals surface area (Å²) in [6.07, 6.45) is 0. The lowest BCUT2D eigenvalue weighted by Gasteiger charge is -2.31. The van der Waals surface area contributed by atoms with Crippen LogP contribution >= 0.6 is 0 Å². The van der Waals surface area contributed by atoms with Crippen LogP contribution in [0.3, 0.4) is 0 Å². The van der Waals surface area contributed by atoms with Crippen molar-refractivity contribution in [3.8, 4) is 11.5 Å². The fourth-order valence-electron chi connectivity index (χ4n) is 5.68. The zero-order valence-corrected chi connectivity index (χ0v) is 22.6. The molecule has 1 nitrogen and oxygen atoms in total. The summed E-state index contributed by atoms with van der Waals surface area (Å²) in [7, 11) is 0. The van der Waals surface area contributed by atoms with Crippen LogP contribution in [0.5, 0.6) is 11.5 Å². The maximum absolute atomic E-state index is 6.83. The minimum atomic E-state index is 0.978. The average Bonchev–Trinajstić information content (AvgIpc) is 2.80. The van der Waals surface area contributed by atoms with Crippen LogP contribution in [-0.4, -0.2) is 0 Å². The molecule has 0 aromatic heterocycles. The number of rotatable bonds is 1. The summed E-state index contributed by atoms with van der Waals surface area (Å²) in [6.45, 7) is 31.3. The van der Waals surface area contributed by atoms with Crippen LogP contribution in [-0.2, 0) is 0 Å². The number of hydrogen-bond donors (Lipinski definition) is 0. The average molecular weight is 439 g/mol. The minimum Gasteiger partial charge on any atom is -0.455 e. The van der Waals surface area contributed by atoms with Gasteiger partial charge in [0, 0.05) is 16.4 Å². The van der Waals surface area contributed by atoms with Gasteiger partial charge in [0.15, 0.2) is 0 Å². The molecule has 1 aliphatic heterocycles. The third-order valence-electron chi connectivity index (χ3n) is 8.99. The normalized spacial score (nSPS) is 12.5. The van der Waals surface area contributed by atoms with E-state index in [4.69, 9.17) is 4.74 Å². The summed E-state index contributed by atoms with van der Waals surface area (Å²) in [4.78, 5) is 0. The van der Waals surface area contributed by atoms with Gasteiger partial charge in [-0.05, 0) is 161 Å². The molecule has 1 heterocycles. The predicted octanol–water partition coefficient (Wildman–Crippen LogP) is 7.15. The van der Waals surface area contributed by atoms with E-state index >= 15 is 0 Å². The fourth-order valence-corrected chi connectivity index (χ4v) is 5.68. The van der Waals surface area contributed by atoms with E-state index in [9.17, 15) is 0 Å². The molecule has 0 fully saturated rings. The van der Waals surface area contributed by atoms with E-state index in [1.54, 1.807) is 0 Å². The second-order valence-electron chi connectivity index (χ2n) is 10.2. The van der Waals surface area contributed by atoms with Crippen LogP contribution in [0.25, 0.3) is 12.2 Å². The predicted molar refractivity (Wildman–Crippen MR) is 143 cm³/mol. The fraction of sp³-hybridized carbons (Fsp3) is 0.375. The molecular weight excluding hydrogens is 400 g/mol. The first-order chi connectivity index (χ1) is 15.3. The van der Waals surface area contributed by atoms with Crippen molar-refractivity contribution >= 4 is 12.2 Å². The van der Waals surface area contributed by atoms with Crippen molar-refractivity contribution in [2.24, 2.45) is 0 Å². The SMILES string of the molecule is C=c1c(C)c(C)c2c(c1C)Oc1c(C)c(C)c(C)c(C)c1C=2c1c(C)c(C)c(C)c(C)c1C. The topological polar surface area (TPSA) is 9.23 Å². The highest BCUT2D eigenvalue weighted by Gasteiger charge is 2.30. The van der Waals surface area contributed by atoms with Crippen molar-refractivity contribution in [1.29, 1.82) is 0 Å². The Morgan fingerprint density at radius 3 is 1.33 bits per heavy atom. The Balaban J connectivity index is 2.43. The molecule has 1 aliphatic rings. The van der Waals surface area contributed by atoms with Gasteiger partial charge in [-0.3, -0.25) is 0 Å². The Kier molecular flexibility index (Phi) is 5.39. The summed E-state index contributed by atoms with van der Waals surface area (Å²) >= 11 is 0. The van der Waals surface area contributed by atoms with E-state index in [0.717, 1.165) is 22.3 Å². The molecule has 0 radical (unpaired) electrons. The van der Waals surface area contributed by atoms with Crippen molar-refractivity contribution in [1.82, 2.24) is 0 Å². The van der Waals surface area contributed by atoms with E-state index in [-0.39, 0.29) is 0 Å². The number of ether oxygens (including phenoxy) is 1. The Morgan fingerprint density at radius 1 is 0.394 bits per heavy atom. The molecule has 0 amide bonds. The molecule has 0 unspecified atom stereocenters. The summed E-state index contributed by atoms with van der Waals surface area (Å²) < 4.78 is 6.83. The monoisotopic (exact) mass is 438 g/mol. The van der Waals surface area contributed by atoms with Crippen LogP contribution in [0.4, 0.5) is 0 Å². The zero-order chi connectivity index (χ0) is 24.7. The lowest BCUT2D eigenvalue weighted by Crippen LogP contribution is -2.29. The quantitative estimate of drug-likeness (QED) is 0.307. The van der Waals surface area contributed by atoms with Crippen LogP contribution < -0.4 is 15.2 Å². The largest absolute Gasteiger partial charge is 0.455 e. The van der Waals surface area contributed by atoms with Gasteiger partial charge in [0.05, 0.1) is 0 Å². The van der Waals surface area contributed by atoms with Gasteiger partial charge in [0.25, 0.3) is 0 Å². The third-order valence-corrected chi connectivity index (χ3v) is 8.99. The van der Waals surface area contributed by atoms with Gasteiger partial charge in [0.1, 0.15) is 11.5 Å². The summed E-state index contributed by atoms with van der Waals surface area (Å²) in [6, 6.07) is 0. The number of benzene rings is 3. The van der Waals surface area contributed by atoms with Gasteiger partial charge >= 0.3 is 0 Å². The summed E-state index contributed by atoms with van der Waals surface area (Å²) in [5.74, 6) is 1.99. The standard InChI is InChI=1S/C32H38O/c1-14-15(2)21(8)27(22(9)16(14)3)30-28-23(10)17(4)19(6)25(12)31(28)33-32-26(13)20(7)18(5)24(11)29(30)32/h6H2,1-5,7-13H3. The van der Waals surface area contributed by atoms with Crippen molar-refractivity contribution < 1.29 is 4.74 Å². The Bertz CT molecular complexity index is 1470. The minimum absolute atomic E-state index is 0.978. The second kappa shape index (κ2) is 7.62. The van der Waals surface area contributed by atoms with Gasteiger partial charge in [-0.2, -0.15) is 0 Å². The van der Waals surface area contributed by atoms with E-state index < -0.39 is 0 Å². The molecule has 0 bridgehead atoms. The molecule has 3 aromatic rings. The van der Waals surface area contributed by atoms with Crippen molar-refractivity contribution in [2.75, 3.05) is 0 Å². The van der Waals surface area contributed by atoms with E-state index in [2.05, 4.69) is 89.7 Å². The van der Waals surface area contributed by atoms with Crippen molar-refractivity contribution in [3.05, 3.63) is 88.3 Å². The van der Waals surface area contributed by atoms with Crippen LogP contribution in [0.2, 0.25) is 0 Å². The molecule has 172 valence electrons. The Hall–Kier alpha value is -2.80. The lowest BCUT2D eigenvalue weighted by molar-refractivity contribution is 0.462. The Labute approximate surface area is 199 Å². The first-order valence-corrected chi connectivity index (χ1v) is 12.0. The van der Waals surface area contributed by atoms with Crippen LogP contribution in [0.15, 0.2) is 0 Å². The van der Waals surface area contributed by atoms with Crippen LogP contribution in [0, 0.1) is 83.1 Å². The van der Waals surface area contributed by atoms with E-state index in [1.807, 2.05) is 0 Å². The van der Waals surface area contributed by atoms with Gasteiger partial charge < -0.3 is 4.74 Å². The van der Waals surface area contributed by atoms with Crippen molar-refractivity contribution in [2.45, 2.75) is 83.1 Å². The number of fused-ring (bicyclic) bond motifs is 2. The van der Waals surface area contributed by atoms with E-state index in [1.165, 1.54) is 83.1 Å². The van der Waals surface area contributed by atoms with E-state index in [0.29, 0.717) is 0 Å². The van der Waals surface area contributed by atoms with Gasteiger partial charge in [-0.15, -0.1) is 0 Å². The second-order valence-corrected chi connectivity index (χ2v) is 10.2. The molecule has 0 saturated heterocycles. The first-order valence-electron chi connectivity index (χ1n) is 12.0. The molecule has 0 N–H and O–H groups in total. The molecule has 0 atom stereocenters. The highest BCUT2D eigenvalue weighted by Crippen LogP contribution is 2.46. The molecule has 33 heavy (non-hydrogen) atoms. The molecule has 0 saturated carbocycles. The maximum atomic E-state index is 6.83. The Morgan fingerprint density at radius 2 is 0.818 bits per heavy atom. The molecule has 3 aromatic carbocycles. The highest BCUT2D eigenvalue weighted by atomic mass is 16.5. The molecular formula is C32H38O. The molecule has 0 aliphatic carbocycles. The first kappa shape index (κ1) is 23.4.